The van der Waals surface area contributed by atoms with Gasteiger partial charge < -0.3 is 20.1 Å². The Balaban J connectivity index is 3.64. The van der Waals surface area contributed by atoms with Crippen molar-refractivity contribution in [2.75, 3.05) is 19.8 Å². The Bertz CT molecular complexity index is 105. The van der Waals surface area contributed by atoms with Crippen molar-refractivity contribution >= 4 is 0 Å². The molecular formula is C7H14O4. The minimum atomic E-state index is -1.03. The van der Waals surface area contributed by atoms with E-state index in [0.29, 0.717) is 0 Å². The Labute approximate surface area is 65.7 Å². The molecule has 0 radical (unpaired) electrons. The quantitative estimate of drug-likeness (QED) is 0.434. The molecule has 0 bridgehead atoms. The Morgan fingerprint density at radius 3 is 2.36 bits per heavy atom. The lowest BCUT2D eigenvalue weighted by atomic mass is 10.2. The average Bonchev–Trinajstić information content (AvgIpc) is 2.05. The standard InChI is InChI=1S/C7H14O4/c1-2-3-11-7(5-9)6(10)4-8/h2,6-10H,1,3-5H2/t6-,7-/m0/s1. The zero-order chi connectivity index (χ0) is 8.69. The number of rotatable bonds is 6. The normalized spacial score (nSPS) is 15.9. The molecule has 0 saturated carbocycles. The average molecular weight is 162 g/mol. The monoisotopic (exact) mass is 162 g/mol. The van der Waals surface area contributed by atoms with E-state index in [4.69, 9.17) is 20.1 Å². The van der Waals surface area contributed by atoms with Crippen LogP contribution < -0.4 is 0 Å². The Morgan fingerprint density at radius 2 is 2.00 bits per heavy atom. The lowest BCUT2D eigenvalue weighted by Gasteiger charge is -2.18. The summed E-state index contributed by atoms with van der Waals surface area (Å²) in [5.41, 5.74) is 0. The Morgan fingerprint density at radius 1 is 1.36 bits per heavy atom. The first-order valence-corrected chi connectivity index (χ1v) is 3.38. The van der Waals surface area contributed by atoms with Crippen molar-refractivity contribution < 1.29 is 20.1 Å². The Kier molecular flexibility index (Phi) is 6.06. The number of ether oxygens (including phenoxy) is 1. The number of hydrogen-bond donors (Lipinski definition) is 3. The molecule has 66 valence electrons. The molecule has 0 aliphatic carbocycles. The maximum Gasteiger partial charge on any atom is 0.109 e. The molecule has 0 aliphatic rings. The third-order valence-corrected chi connectivity index (χ3v) is 1.22. The van der Waals surface area contributed by atoms with E-state index in [1.165, 1.54) is 6.08 Å². The van der Waals surface area contributed by atoms with Crippen LogP contribution in [0.4, 0.5) is 0 Å². The molecular weight excluding hydrogens is 148 g/mol. The predicted molar refractivity (Wildman–Crippen MR) is 40.1 cm³/mol. The van der Waals surface area contributed by atoms with Gasteiger partial charge in [0.1, 0.15) is 12.2 Å². The van der Waals surface area contributed by atoms with E-state index in [9.17, 15) is 0 Å². The maximum absolute atomic E-state index is 8.98. The highest BCUT2D eigenvalue weighted by molar-refractivity contribution is 4.71. The van der Waals surface area contributed by atoms with Crippen molar-refractivity contribution in [2.45, 2.75) is 12.2 Å². The van der Waals surface area contributed by atoms with Gasteiger partial charge in [-0.3, -0.25) is 0 Å². The van der Waals surface area contributed by atoms with Crippen LogP contribution in [0.15, 0.2) is 12.7 Å². The van der Waals surface area contributed by atoms with E-state index in [0.717, 1.165) is 0 Å². The molecule has 4 heteroatoms. The molecule has 0 aromatic rings. The van der Waals surface area contributed by atoms with Crippen LogP contribution in [-0.2, 0) is 4.74 Å². The van der Waals surface area contributed by atoms with Crippen LogP contribution in [0.3, 0.4) is 0 Å². The summed E-state index contributed by atoms with van der Waals surface area (Å²) < 4.78 is 4.92. The fraction of sp³-hybridized carbons (Fsp3) is 0.714. The third kappa shape index (κ3) is 4.10. The highest BCUT2D eigenvalue weighted by atomic mass is 16.5. The summed E-state index contributed by atoms with van der Waals surface area (Å²) in [6, 6.07) is 0. The van der Waals surface area contributed by atoms with Crippen LogP contribution in [0, 0.1) is 0 Å². The van der Waals surface area contributed by atoms with Gasteiger partial charge in [0.2, 0.25) is 0 Å². The molecule has 0 aliphatic heterocycles. The first-order chi connectivity index (χ1) is 5.26. The van der Waals surface area contributed by atoms with Gasteiger partial charge >= 0.3 is 0 Å². The first kappa shape index (κ1) is 10.6. The summed E-state index contributed by atoms with van der Waals surface area (Å²) in [6.45, 7) is 2.93. The van der Waals surface area contributed by atoms with E-state index >= 15 is 0 Å². The molecule has 0 heterocycles. The minimum absolute atomic E-state index is 0.252. The number of aliphatic hydroxyl groups is 3. The van der Waals surface area contributed by atoms with Crippen molar-refractivity contribution in [3.8, 4) is 0 Å². The van der Waals surface area contributed by atoms with Crippen molar-refractivity contribution in [3.63, 3.8) is 0 Å². The van der Waals surface area contributed by atoms with Crippen LogP contribution in [-0.4, -0.2) is 47.3 Å². The van der Waals surface area contributed by atoms with Gasteiger partial charge in [0.15, 0.2) is 0 Å². The lowest BCUT2D eigenvalue weighted by molar-refractivity contribution is -0.0714. The lowest BCUT2D eigenvalue weighted by Crippen LogP contribution is -2.35. The fourth-order valence-corrected chi connectivity index (χ4v) is 0.595. The second-order valence-electron chi connectivity index (χ2n) is 2.09. The molecule has 0 saturated heterocycles. The van der Waals surface area contributed by atoms with E-state index in [-0.39, 0.29) is 13.2 Å². The number of aliphatic hydroxyl groups excluding tert-OH is 3. The van der Waals surface area contributed by atoms with Crippen molar-refractivity contribution in [1.82, 2.24) is 0 Å². The summed E-state index contributed by atoms with van der Waals surface area (Å²) in [4.78, 5) is 0. The molecule has 0 fully saturated rings. The molecule has 2 atom stereocenters. The van der Waals surface area contributed by atoms with Gasteiger partial charge in [0.25, 0.3) is 0 Å². The smallest absolute Gasteiger partial charge is 0.109 e. The van der Waals surface area contributed by atoms with Crippen molar-refractivity contribution in [1.29, 1.82) is 0 Å². The van der Waals surface area contributed by atoms with Crippen LogP contribution >= 0.6 is 0 Å². The van der Waals surface area contributed by atoms with E-state index in [2.05, 4.69) is 6.58 Å². The largest absolute Gasteiger partial charge is 0.394 e. The van der Waals surface area contributed by atoms with Crippen molar-refractivity contribution in [2.24, 2.45) is 0 Å². The van der Waals surface area contributed by atoms with Gasteiger partial charge in [0, 0.05) is 0 Å². The van der Waals surface area contributed by atoms with Crippen LogP contribution in [0.2, 0.25) is 0 Å². The van der Waals surface area contributed by atoms with Gasteiger partial charge in [0.05, 0.1) is 19.8 Å². The molecule has 0 aromatic heterocycles. The van der Waals surface area contributed by atoms with Gasteiger partial charge in [-0.25, -0.2) is 0 Å². The summed E-state index contributed by atoms with van der Waals surface area (Å²) in [7, 11) is 0. The zero-order valence-corrected chi connectivity index (χ0v) is 6.31. The van der Waals surface area contributed by atoms with Crippen LogP contribution in [0.25, 0.3) is 0 Å². The molecule has 3 N–H and O–H groups in total. The highest BCUT2D eigenvalue weighted by Gasteiger charge is 2.16. The van der Waals surface area contributed by atoms with Gasteiger partial charge in [-0.2, -0.15) is 0 Å². The molecule has 0 unspecified atom stereocenters. The van der Waals surface area contributed by atoms with Crippen LogP contribution in [0.5, 0.6) is 0 Å². The molecule has 0 rings (SSSR count). The van der Waals surface area contributed by atoms with Gasteiger partial charge in [-0.05, 0) is 0 Å². The molecule has 0 spiro atoms. The summed E-state index contributed by atoms with van der Waals surface area (Å²) in [6.07, 6.45) is -0.245. The predicted octanol–water partition coefficient (Wildman–Crippen LogP) is -1.10. The number of hydrogen-bond acceptors (Lipinski definition) is 4. The molecule has 0 amide bonds. The third-order valence-electron chi connectivity index (χ3n) is 1.22. The van der Waals surface area contributed by atoms with Gasteiger partial charge in [-0.15, -0.1) is 6.58 Å². The zero-order valence-electron chi connectivity index (χ0n) is 6.31. The van der Waals surface area contributed by atoms with Crippen molar-refractivity contribution in [3.05, 3.63) is 12.7 Å². The highest BCUT2D eigenvalue weighted by Crippen LogP contribution is 1.97. The first-order valence-electron chi connectivity index (χ1n) is 3.38. The van der Waals surface area contributed by atoms with Crippen LogP contribution in [0.1, 0.15) is 0 Å². The molecule has 0 aromatic carbocycles. The second-order valence-corrected chi connectivity index (χ2v) is 2.09. The minimum Gasteiger partial charge on any atom is -0.394 e. The topological polar surface area (TPSA) is 69.9 Å². The summed E-state index contributed by atoms with van der Waals surface area (Å²) >= 11 is 0. The SMILES string of the molecule is C=CCO[C@@H](CO)[C@@H](O)CO. The summed E-state index contributed by atoms with van der Waals surface area (Å²) in [5.74, 6) is 0. The Hall–Kier alpha value is -0.420. The summed E-state index contributed by atoms with van der Waals surface area (Å²) in [5, 5.41) is 26.1. The second kappa shape index (κ2) is 6.30. The molecule has 11 heavy (non-hydrogen) atoms. The van der Waals surface area contributed by atoms with E-state index in [1.807, 2.05) is 0 Å². The molecule has 4 nitrogen and oxygen atoms in total. The fourth-order valence-electron chi connectivity index (χ4n) is 0.595. The van der Waals surface area contributed by atoms with E-state index < -0.39 is 18.8 Å². The van der Waals surface area contributed by atoms with E-state index in [1.54, 1.807) is 0 Å². The van der Waals surface area contributed by atoms with Gasteiger partial charge in [-0.1, -0.05) is 6.08 Å². The maximum atomic E-state index is 8.98.